The molecule has 1 saturated carbocycles. The lowest BCUT2D eigenvalue weighted by Crippen LogP contribution is -2.46. The number of urea groups is 1. The number of halogens is 2. The van der Waals surface area contributed by atoms with Crippen molar-refractivity contribution in [3.8, 4) is 0 Å². The molecule has 7 nitrogen and oxygen atoms in total. The lowest BCUT2D eigenvalue weighted by molar-refractivity contribution is 0.156. The predicted octanol–water partition coefficient (Wildman–Crippen LogP) is 3.49. The summed E-state index contributed by atoms with van der Waals surface area (Å²) in [5.41, 5.74) is 7.79. The van der Waals surface area contributed by atoms with Gasteiger partial charge in [0.15, 0.2) is 0 Å². The van der Waals surface area contributed by atoms with Crippen molar-refractivity contribution in [2.45, 2.75) is 42.0 Å². The third kappa shape index (κ3) is 4.75. The fraction of sp³-hybridized carbons (Fsp3) is 0.409. The Morgan fingerprint density at radius 1 is 1.06 bits per heavy atom. The molecule has 0 bridgehead atoms. The third-order valence-electron chi connectivity index (χ3n) is 6.68. The van der Waals surface area contributed by atoms with Crippen LogP contribution in [0.4, 0.5) is 10.5 Å². The average Bonchev–Trinajstić information content (AvgIpc) is 3.14. The minimum absolute atomic E-state index is 0. The summed E-state index contributed by atoms with van der Waals surface area (Å²) in [5.74, 6) is 0. The maximum atomic E-state index is 13.1. The number of carbonyl (C=O) groups is 1. The zero-order valence-electron chi connectivity index (χ0n) is 17.6. The molecule has 1 aliphatic carbocycles. The number of carbonyl (C=O) groups excluding carboxylic acids is 1. The van der Waals surface area contributed by atoms with Crippen LogP contribution in [-0.4, -0.2) is 45.0 Å². The molecule has 10 heteroatoms. The number of hydrogen-bond acceptors (Lipinski definition) is 4. The zero-order chi connectivity index (χ0) is 22.2. The van der Waals surface area contributed by atoms with E-state index in [1.807, 2.05) is 23.1 Å². The molecule has 0 radical (unpaired) electrons. The normalized spacial score (nSPS) is 23.8. The largest absolute Gasteiger partial charge is 0.330 e. The number of sulfonamides is 1. The second-order valence-electron chi connectivity index (χ2n) is 8.40. The minimum atomic E-state index is -3.82. The van der Waals surface area contributed by atoms with Gasteiger partial charge in [0.1, 0.15) is 0 Å². The van der Waals surface area contributed by atoms with Gasteiger partial charge < -0.3 is 10.6 Å². The third-order valence-corrected chi connectivity index (χ3v) is 7.83. The summed E-state index contributed by atoms with van der Waals surface area (Å²) >= 11 is 6.20. The summed E-state index contributed by atoms with van der Waals surface area (Å²) in [4.78, 5) is 16.7. The number of benzene rings is 2. The van der Waals surface area contributed by atoms with Gasteiger partial charge in [0.05, 0.1) is 4.90 Å². The van der Waals surface area contributed by atoms with Crippen LogP contribution in [0.3, 0.4) is 0 Å². The van der Waals surface area contributed by atoms with Gasteiger partial charge in [-0.2, -0.15) is 0 Å². The maximum Gasteiger partial charge on any atom is 0.324 e. The van der Waals surface area contributed by atoms with E-state index >= 15 is 0 Å². The monoisotopic (exact) mass is 498 g/mol. The smallest absolute Gasteiger partial charge is 0.324 e. The Hall–Kier alpha value is -1.84. The summed E-state index contributed by atoms with van der Waals surface area (Å²) < 4.78 is 23.3. The highest BCUT2D eigenvalue weighted by Crippen LogP contribution is 2.41. The summed E-state index contributed by atoms with van der Waals surface area (Å²) in [6.07, 6.45) is 3.50. The van der Waals surface area contributed by atoms with Gasteiger partial charge in [-0.05, 0) is 61.6 Å². The fourth-order valence-corrected chi connectivity index (χ4v) is 5.60. The highest BCUT2D eigenvalue weighted by molar-refractivity contribution is 7.89. The van der Waals surface area contributed by atoms with Crippen molar-refractivity contribution >= 4 is 45.7 Å². The molecule has 0 aromatic heterocycles. The molecular weight excluding hydrogens is 471 g/mol. The average molecular weight is 499 g/mol. The molecule has 2 aromatic rings. The molecule has 0 atom stereocenters. The van der Waals surface area contributed by atoms with Crippen LogP contribution in [0.25, 0.3) is 0 Å². The zero-order valence-corrected chi connectivity index (χ0v) is 20.0. The molecule has 2 aliphatic rings. The van der Waals surface area contributed by atoms with E-state index in [2.05, 4.69) is 6.07 Å². The first-order valence-corrected chi connectivity index (χ1v) is 12.3. The van der Waals surface area contributed by atoms with Gasteiger partial charge >= 0.3 is 6.03 Å². The quantitative estimate of drug-likeness (QED) is 0.656. The Balaban J connectivity index is 0.00000289. The van der Waals surface area contributed by atoms with E-state index in [4.69, 9.17) is 22.5 Å². The molecule has 4 N–H and O–H groups in total. The number of rotatable bonds is 5. The highest BCUT2D eigenvalue weighted by Gasteiger charge is 2.41. The molecule has 174 valence electrons. The molecule has 4 rings (SSSR count). The van der Waals surface area contributed by atoms with Crippen LogP contribution < -0.4 is 15.8 Å². The number of nitrogens with two attached hydrogens (primary N) is 2. The molecule has 1 heterocycles. The lowest BCUT2D eigenvalue weighted by Gasteiger charge is -2.42. The first-order valence-electron chi connectivity index (χ1n) is 10.4. The topological polar surface area (TPSA) is 110 Å². The van der Waals surface area contributed by atoms with Crippen molar-refractivity contribution in [3.05, 3.63) is 59.1 Å². The van der Waals surface area contributed by atoms with E-state index < -0.39 is 10.0 Å². The van der Waals surface area contributed by atoms with Gasteiger partial charge in [-0.25, -0.2) is 18.4 Å². The Morgan fingerprint density at radius 2 is 1.75 bits per heavy atom. The fourth-order valence-electron chi connectivity index (χ4n) is 4.86. The van der Waals surface area contributed by atoms with E-state index in [0.717, 1.165) is 31.2 Å². The second kappa shape index (κ2) is 9.57. The van der Waals surface area contributed by atoms with E-state index in [1.54, 1.807) is 17.0 Å². The summed E-state index contributed by atoms with van der Waals surface area (Å²) in [5, 5.41) is 5.95. The van der Waals surface area contributed by atoms with Crippen molar-refractivity contribution in [1.82, 2.24) is 4.90 Å². The van der Waals surface area contributed by atoms with Crippen LogP contribution >= 0.6 is 24.0 Å². The number of nitrogens with zero attached hydrogens (tertiary/aromatic N) is 2. The molecule has 1 aliphatic heterocycles. The van der Waals surface area contributed by atoms with E-state index in [-0.39, 0.29) is 34.8 Å². The van der Waals surface area contributed by atoms with Gasteiger partial charge in [0.25, 0.3) is 0 Å². The Bertz CT molecular complexity index is 1090. The second-order valence-corrected chi connectivity index (χ2v) is 10.4. The van der Waals surface area contributed by atoms with Crippen molar-refractivity contribution in [3.63, 3.8) is 0 Å². The van der Waals surface area contributed by atoms with Crippen LogP contribution in [0.5, 0.6) is 0 Å². The van der Waals surface area contributed by atoms with Gasteiger partial charge in [-0.3, -0.25) is 4.90 Å². The van der Waals surface area contributed by atoms with E-state index in [9.17, 15) is 13.2 Å². The van der Waals surface area contributed by atoms with Crippen LogP contribution in [0.1, 0.15) is 31.2 Å². The first kappa shape index (κ1) is 24.8. The van der Waals surface area contributed by atoms with Crippen LogP contribution in [0.15, 0.2) is 53.4 Å². The Kier molecular flexibility index (Phi) is 7.41. The molecule has 2 aromatic carbocycles. The highest BCUT2D eigenvalue weighted by atomic mass is 35.5. The standard InChI is InChI=1S/C22H27ClN4O3S.ClH/c23-17-4-1-3-16(13-17)22(15-24)9-7-18(8-10-22)26-11-12-27(21(26)28)19-5-2-6-20(14-19)31(25,29)30;/h1-6,13-14,18H,7-12,15,24H2,(H2,25,29,30);1H/t18-,22+;. The Morgan fingerprint density at radius 3 is 2.38 bits per heavy atom. The summed E-state index contributed by atoms with van der Waals surface area (Å²) in [7, 11) is -3.82. The minimum Gasteiger partial charge on any atom is -0.330 e. The first-order chi connectivity index (χ1) is 14.7. The molecule has 2 amide bonds. The lowest BCUT2D eigenvalue weighted by atomic mass is 9.68. The van der Waals surface area contributed by atoms with Crippen molar-refractivity contribution in [2.24, 2.45) is 10.9 Å². The number of hydrogen-bond donors (Lipinski definition) is 2. The number of amides is 2. The van der Waals surface area contributed by atoms with Crippen molar-refractivity contribution in [1.29, 1.82) is 0 Å². The van der Waals surface area contributed by atoms with E-state index in [1.165, 1.54) is 12.1 Å². The molecule has 1 saturated heterocycles. The summed E-state index contributed by atoms with van der Waals surface area (Å²) in [6.45, 7) is 1.66. The molecule has 0 unspecified atom stereocenters. The SMILES string of the molecule is Cl.NC[C@]1(c2cccc(Cl)c2)CC[C@@H](N2CCN(c3cccc(S(N)(=O)=O)c3)C2=O)CC1. The van der Waals surface area contributed by atoms with Crippen LogP contribution in [0, 0.1) is 0 Å². The maximum absolute atomic E-state index is 13.1. The number of primary sulfonamides is 1. The number of anilines is 1. The Labute approximate surface area is 200 Å². The molecule has 2 fully saturated rings. The van der Waals surface area contributed by atoms with E-state index in [0.29, 0.717) is 30.3 Å². The molecule has 0 spiro atoms. The molecular formula is C22H28Cl2N4O3S. The summed E-state index contributed by atoms with van der Waals surface area (Å²) in [6, 6.07) is 14.2. The van der Waals surface area contributed by atoms with Gasteiger partial charge in [-0.1, -0.05) is 29.8 Å². The van der Waals surface area contributed by atoms with Crippen molar-refractivity contribution < 1.29 is 13.2 Å². The van der Waals surface area contributed by atoms with Crippen molar-refractivity contribution in [2.75, 3.05) is 24.5 Å². The van der Waals surface area contributed by atoms with Gasteiger partial charge in [0.2, 0.25) is 10.0 Å². The molecule has 32 heavy (non-hydrogen) atoms. The van der Waals surface area contributed by atoms with Gasteiger partial charge in [-0.15, -0.1) is 12.4 Å². The van der Waals surface area contributed by atoms with Crippen LogP contribution in [0.2, 0.25) is 5.02 Å². The van der Waals surface area contributed by atoms with Gasteiger partial charge in [0, 0.05) is 41.8 Å². The van der Waals surface area contributed by atoms with Crippen LogP contribution in [-0.2, 0) is 15.4 Å². The predicted molar refractivity (Wildman–Crippen MR) is 129 cm³/mol.